The van der Waals surface area contributed by atoms with Gasteiger partial charge >= 0.3 is 0 Å². The molecule has 0 saturated carbocycles. The minimum Gasteiger partial charge on any atom is -0.326 e. The van der Waals surface area contributed by atoms with E-state index in [1.54, 1.807) is 11.3 Å². The second-order valence-corrected chi connectivity index (χ2v) is 7.58. The molecular formula is C16H21N3S2. The Morgan fingerprint density at radius 2 is 2.19 bits per heavy atom. The first-order valence-corrected chi connectivity index (χ1v) is 9.31. The van der Waals surface area contributed by atoms with Crippen LogP contribution in [0.5, 0.6) is 0 Å². The maximum atomic E-state index is 6.43. The Hall–Kier alpha value is -0.880. The largest absolute Gasteiger partial charge is 0.326 e. The van der Waals surface area contributed by atoms with Crippen molar-refractivity contribution >= 4 is 23.1 Å². The fraction of sp³-hybridized carbons (Fsp3) is 0.438. The van der Waals surface area contributed by atoms with Gasteiger partial charge in [0.25, 0.3) is 0 Å². The molecular weight excluding hydrogens is 298 g/mol. The third-order valence-electron chi connectivity index (χ3n) is 3.97. The average Bonchev–Trinajstić information content (AvgIpc) is 2.97. The van der Waals surface area contributed by atoms with Gasteiger partial charge in [-0.15, -0.1) is 11.3 Å². The quantitative estimate of drug-likeness (QED) is 0.941. The highest BCUT2D eigenvalue weighted by atomic mass is 32.2. The molecule has 112 valence electrons. The van der Waals surface area contributed by atoms with Crippen molar-refractivity contribution in [1.82, 2.24) is 9.88 Å². The summed E-state index contributed by atoms with van der Waals surface area (Å²) in [6.45, 7) is 1.14. The Balaban J connectivity index is 1.67. The maximum absolute atomic E-state index is 6.43. The molecule has 1 aromatic carbocycles. The summed E-state index contributed by atoms with van der Waals surface area (Å²) in [6, 6.07) is 11.0. The summed E-state index contributed by atoms with van der Waals surface area (Å²) in [5.74, 6) is 2.35. The van der Waals surface area contributed by atoms with Gasteiger partial charge in [0.1, 0.15) is 0 Å². The van der Waals surface area contributed by atoms with Crippen LogP contribution in [-0.4, -0.2) is 47.1 Å². The molecule has 1 saturated heterocycles. The number of benzene rings is 1. The van der Waals surface area contributed by atoms with Gasteiger partial charge in [-0.1, -0.05) is 30.3 Å². The van der Waals surface area contributed by atoms with Crippen molar-refractivity contribution in [2.24, 2.45) is 5.73 Å². The van der Waals surface area contributed by atoms with E-state index in [4.69, 9.17) is 10.7 Å². The number of nitrogens with two attached hydrogens (primary N) is 1. The minimum atomic E-state index is 0.164. The molecule has 1 aliphatic heterocycles. The molecule has 0 radical (unpaired) electrons. The molecule has 2 atom stereocenters. The number of aromatic nitrogens is 1. The third kappa shape index (κ3) is 3.66. The second-order valence-electron chi connectivity index (χ2n) is 5.48. The van der Waals surface area contributed by atoms with Crippen molar-refractivity contribution in [2.75, 3.05) is 25.1 Å². The highest BCUT2D eigenvalue weighted by Crippen LogP contribution is 2.24. The predicted molar refractivity (Wildman–Crippen MR) is 93.0 cm³/mol. The summed E-state index contributed by atoms with van der Waals surface area (Å²) in [5, 5.41) is 3.28. The molecule has 1 aromatic heterocycles. The average molecular weight is 319 g/mol. The van der Waals surface area contributed by atoms with Crippen LogP contribution in [0.1, 0.15) is 5.01 Å². The van der Waals surface area contributed by atoms with Gasteiger partial charge in [-0.05, 0) is 7.05 Å². The first-order valence-electron chi connectivity index (χ1n) is 7.27. The van der Waals surface area contributed by atoms with Crippen LogP contribution in [0.15, 0.2) is 35.7 Å². The molecule has 2 heterocycles. The molecule has 1 aliphatic rings. The summed E-state index contributed by atoms with van der Waals surface area (Å²) in [5.41, 5.74) is 8.67. The van der Waals surface area contributed by atoms with E-state index in [0.717, 1.165) is 29.4 Å². The first kappa shape index (κ1) is 15.0. The minimum absolute atomic E-state index is 0.164. The van der Waals surface area contributed by atoms with Crippen molar-refractivity contribution < 1.29 is 0 Å². The molecule has 2 N–H and O–H groups in total. The maximum Gasteiger partial charge on any atom is 0.0948 e. The lowest BCUT2D eigenvalue weighted by Gasteiger charge is -2.35. The predicted octanol–water partition coefficient (Wildman–Crippen LogP) is 2.73. The molecule has 3 nitrogen and oxygen atoms in total. The van der Waals surface area contributed by atoms with Crippen molar-refractivity contribution in [3.63, 3.8) is 0 Å². The zero-order chi connectivity index (χ0) is 14.7. The van der Waals surface area contributed by atoms with Crippen LogP contribution >= 0.6 is 23.1 Å². The van der Waals surface area contributed by atoms with Crippen LogP contribution in [-0.2, 0) is 6.42 Å². The second kappa shape index (κ2) is 6.92. The molecule has 3 rings (SSSR count). The van der Waals surface area contributed by atoms with Crippen LogP contribution in [0.2, 0.25) is 0 Å². The molecule has 21 heavy (non-hydrogen) atoms. The van der Waals surface area contributed by atoms with Gasteiger partial charge in [0.15, 0.2) is 0 Å². The van der Waals surface area contributed by atoms with Crippen molar-refractivity contribution in [2.45, 2.75) is 18.5 Å². The lowest BCUT2D eigenvalue weighted by Crippen LogP contribution is -2.51. The molecule has 2 aromatic rings. The topological polar surface area (TPSA) is 42.1 Å². The molecule has 0 spiro atoms. The highest BCUT2D eigenvalue weighted by Gasteiger charge is 2.26. The standard InChI is InChI=1S/C16H21N3S2/c1-19-7-8-20-11-15(19)13(17)9-16-18-14(10-21-16)12-5-3-2-4-6-12/h2-6,10,13,15H,7-9,11,17H2,1H3. The van der Waals surface area contributed by atoms with E-state index in [9.17, 15) is 0 Å². The molecule has 0 aliphatic carbocycles. The van der Waals surface area contributed by atoms with Gasteiger partial charge in [-0.25, -0.2) is 4.98 Å². The number of hydrogen-bond acceptors (Lipinski definition) is 5. The zero-order valence-corrected chi connectivity index (χ0v) is 13.9. The van der Waals surface area contributed by atoms with Crippen LogP contribution in [0, 0.1) is 0 Å². The number of nitrogens with zero attached hydrogens (tertiary/aromatic N) is 2. The monoisotopic (exact) mass is 319 g/mol. The van der Waals surface area contributed by atoms with Crippen LogP contribution < -0.4 is 5.73 Å². The summed E-state index contributed by atoms with van der Waals surface area (Å²) < 4.78 is 0. The first-order chi connectivity index (χ1) is 10.2. The summed E-state index contributed by atoms with van der Waals surface area (Å²) in [6.07, 6.45) is 0.868. The molecule has 2 unspecified atom stereocenters. The van der Waals surface area contributed by atoms with E-state index < -0.39 is 0 Å². The van der Waals surface area contributed by atoms with Crippen LogP contribution in [0.3, 0.4) is 0 Å². The fourth-order valence-corrected chi connectivity index (χ4v) is 4.84. The molecule has 1 fully saturated rings. The number of rotatable bonds is 4. The number of thiazole rings is 1. The van der Waals surface area contributed by atoms with Gasteiger partial charge < -0.3 is 10.6 Å². The van der Waals surface area contributed by atoms with Gasteiger partial charge in [-0.2, -0.15) is 11.8 Å². The van der Waals surface area contributed by atoms with E-state index in [0.29, 0.717) is 6.04 Å². The fourth-order valence-electron chi connectivity index (χ4n) is 2.64. The van der Waals surface area contributed by atoms with Crippen LogP contribution in [0.25, 0.3) is 11.3 Å². The Morgan fingerprint density at radius 3 is 2.95 bits per heavy atom. The Kier molecular flexibility index (Phi) is 4.95. The van der Waals surface area contributed by atoms with Gasteiger partial charge in [-0.3, -0.25) is 0 Å². The van der Waals surface area contributed by atoms with E-state index in [-0.39, 0.29) is 6.04 Å². The zero-order valence-electron chi connectivity index (χ0n) is 12.2. The molecule has 5 heteroatoms. The number of likely N-dealkylation sites (N-methyl/N-ethyl adjacent to an activating group) is 1. The smallest absolute Gasteiger partial charge is 0.0948 e. The van der Waals surface area contributed by atoms with Gasteiger partial charge in [0.2, 0.25) is 0 Å². The Morgan fingerprint density at radius 1 is 1.38 bits per heavy atom. The summed E-state index contributed by atoms with van der Waals surface area (Å²) >= 11 is 3.73. The van der Waals surface area contributed by atoms with Gasteiger partial charge in [0.05, 0.1) is 10.7 Å². The van der Waals surface area contributed by atoms with E-state index in [1.807, 2.05) is 30.0 Å². The lowest BCUT2D eigenvalue weighted by molar-refractivity contribution is 0.235. The Labute approximate surface area is 134 Å². The van der Waals surface area contributed by atoms with Gasteiger partial charge in [0, 0.05) is 47.5 Å². The highest BCUT2D eigenvalue weighted by molar-refractivity contribution is 7.99. The summed E-state index contributed by atoms with van der Waals surface area (Å²) in [7, 11) is 2.18. The van der Waals surface area contributed by atoms with Crippen molar-refractivity contribution in [3.8, 4) is 11.3 Å². The third-order valence-corrected chi connectivity index (χ3v) is 5.89. The van der Waals surface area contributed by atoms with E-state index >= 15 is 0 Å². The van der Waals surface area contributed by atoms with E-state index in [2.05, 4.69) is 29.5 Å². The van der Waals surface area contributed by atoms with E-state index in [1.165, 1.54) is 11.3 Å². The number of hydrogen-bond donors (Lipinski definition) is 1. The lowest BCUT2D eigenvalue weighted by atomic mass is 10.1. The molecule has 0 amide bonds. The Bertz CT molecular complexity index is 570. The normalized spacial score (nSPS) is 21.3. The molecule has 0 bridgehead atoms. The summed E-state index contributed by atoms with van der Waals surface area (Å²) in [4.78, 5) is 7.15. The van der Waals surface area contributed by atoms with Crippen LogP contribution in [0.4, 0.5) is 0 Å². The number of thioether (sulfide) groups is 1. The van der Waals surface area contributed by atoms with Crippen molar-refractivity contribution in [1.29, 1.82) is 0 Å². The SMILES string of the molecule is CN1CCSCC1C(N)Cc1nc(-c2ccccc2)cs1. The van der Waals surface area contributed by atoms with Crippen molar-refractivity contribution in [3.05, 3.63) is 40.7 Å².